The number of alkyl carbamates (subject to hydrolysis) is 1. The number of ether oxygens (including phenoxy) is 1. The predicted molar refractivity (Wildman–Crippen MR) is 163 cm³/mol. The average molecular weight is 577 g/mol. The highest BCUT2D eigenvalue weighted by Gasteiger charge is 2.39. The minimum Gasteiger partial charge on any atom is -0.444 e. The number of hydrogen-bond donors (Lipinski definition) is 3. The van der Waals surface area contributed by atoms with Crippen molar-refractivity contribution in [2.45, 2.75) is 91.1 Å². The van der Waals surface area contributed by atoms with Gasteiger partial charge in [-0.05, 0) is 69.7 Å². The summed E-state index contributed by atoms with van der Waals surface area (Å²) in [6.45, 7) is 11.3. The van der Waals surface area contributed by atoms with Crippen molar-refractivity contribution in [1.29, 1.82) is 0 Å². The minimum absolute atomic E-state index is 0.238. The lowest BCUT2D eigenvalue weighted by Crippen LogP contribution is -2.56. The Morgan fingerprint density at radius 3 is 2.12 bits per heavy atom. The number of nitrogens with two attached hydrogens (primary N) is 1. The minimum atomic E-state index is -1.35. The van der Waals surface area contributed by atoms with Crippen molar-refractivity contribution in [2.24, 2.45) is 11.7 Å². The van der Waals surface area contributed by atoms with Crippen LogP contribution in [0.3, 0.4) is 0 Å². The van der Waals surface area contributed by atoms with Gasteiger partial charge >= 0.3 is 6.09 Å². The third-order valence-corrected chi connectivity index (χ3v) is 6.51. The first-order valence-electron chi connectivity index (χ1n) is 14.2. The normalized spacial score (nSPS) is 13.3. The third-order valence-electron chi connectivity index (χ3n) is 6.51. The first-order chi connectivity index (χ1) is 19.7. The first-order valence-corrected chi connectivity index (χ1v) is 14.2. The predicted octanol–water partition coefficient (Wildman–Crippen LogP) is 4.45. The van der Waals surface area contributed by atoms with Crippen LogP contribution < -0.4 is 16.4 Å². The number of amides is 4. The standard InChI is InChI=1S/C33H44N4O5/c1-8-24-16-18-26(19-17-24)29(30(39)35-21-25-12-10-9-11-13-25)37(23(4)15-14-22(2)3)31(40)27(20-28(34)38)36-32(41)42-33(5,6)7/h1,9-13,16-19,22-23,27,29H,14-15,20-21H2,2-7H3,(H2,34,38)(H,35,39)(H,36,41). The fourth-order valence-electron chi connectivity index (χ4n) is 4.43. The van der Waals surface area contributed by atoms with Gasteiger partial charge in [0.05, 0.1) is 6.42 Å². The summed E-state index contributed by atoms with van der Waals surface area (Å²) in [6.07, 6.45) is 5.56. The number of rotatable bonds is 13. The fraction of sp³-hybridized carbons (Fsp3) is 0.455. The van der Waals surface area contributed by atoms with E-state index in [9.17, 15) is 19.2 Å². The molecular weight excluding hydrogens is 532 g/mol. The molecule has 0 aliphatic heterocycles. The molecule has 0 fully saturated rings. The molecular formula is C33H44N4O5. The maximum atomic E-state index is 14.3. The molecule has 0 bridgehead atoms. The van der Waals surface area contributed by atoms with Crippen LogP contribution in [0.5, 0.6) is 0 Å². The van der Waals surface area contributed by atoms with E-state index in [1.165, 1.54) is 4.90 Å². The van der Waals surface area contributed by atoms with Crippen LogP contribution in [0.2, 0.25) is 0 Å². The van der Waals surface area contributed by atoms with Gasteiger partial charge in [0.1, 0.15) is 17.7 Å². The maximum Gasteiger partial charge on any atom is 0.408 e. The van der Waals surface area contributed by atoms with Gasteiger partial charge in [0.2, 0.25) is 17.7 Å². The number of benzene rings is 2. The molecule has 2 aromatic carbocycles. The van der Waals surface area contributed by atoms with Gasteiger partial charge in [0, 0.05) is 18.2 Å². The summed E-state index contributed by atoms with van der Waals surface area (Å²) in [7, 11) is 0. The summed E-state index contributed by atoms with van der Waals surface area (Å²) in [5.41, 5.74) is 6.69. The second-order valence-corrected chi connectivity index (χ2v) is 11.8. The third kappa shape index (κ3) is 10.9. The number of primary amides is 1. The molecule has 2 rings (SSSR count). The lowest BCUT2D eigenvalue weighted by Gasteiger charge is -2.38. The van der Waals surface area contributed by atoms with Gasteiger partial charge < -0.3 is 26.0 Å². The molecule has 0 radical (unpaired) electrons. The zero-order valence-corrected chi connectivity index (χ0v) is 25.5. The van der Waals surface area contributed by atoms with Gasteiger partial charge in [-0.3, -0.25) is 14.4 Å². The fourth-order valence-corrected chi connectivity index (χ4v) is 4.43. The van der Waals surface area contributed by atoms with E-state index in [2.05, 4.69) is 30.4 Å². The SMILES string of the molecule is C#Cc1ccc(C(C(=O)NCc2ccccc2)N(C(=O)C(CC(N)=O)NC(=O)OC(C)(C)C)C(C)CCC(C)C)cc1. The van der Waals surface area contributed by atoms with Gasteiger partial charge in [-0.25, -0.2) is 4.79 Å². The Morgan fingerprint density at radius 2 is 1.60 bits per heavy atom. The van der Waals surface area contributed by atoms with Crippen LogP contribution in [-0.4, -0.2) is 46.4 Å². The topological polar surface area (TPSA) is 131 Å². The summed E-state index contributed by atoms with van der Waals surface area (Å²) in [5.74, 6) is 1.06. The number of carbonyl (C=O) groups excluding carboxylic acids is 4. The molecule has 0 saturated heterocycles. The zero-order valence-electron chi connectivity index (χ0n) is 25.5. The lowest BCUT2D eigenvalue weighted by molar-refractivity contribution is -0.146. The molecule has 42 heavy (non-hydrogen) atoms. The Kier molecular flexibility index (Phi) is 12.6. The number of nitrogens with one attached hydrogen (secondary N) is 2. The Labute approximate surface area is 249 Å². The van der Waals surface area contributed by atoms with Crippen molar-refractivity contribution in [3.8, 4) is 12.3 Å². The summed E-state index contributed by atoms with van der Waals surface area (Å²) < 4.78 is 5.35. The number of terminal acetylenes is 1. The summed E-state index contributed by atoms with van der Waals surface area (Å²) in [6, 6.07) is 13.3. The molecule has 0 saturated carbocycles. The van der Waals surface area contributed by atoms with Crippen LogP contribution >= 0.6 is 0 Å². The monoisotopic (exact) mass is 576 g/mol. The highest BCUT2D eigenvalue weighted by atomic mass is 16.6. The van der Waals surface area contributed by atoms with Crippen LogP contribution in [-0.2, 0) is 25.7 Å². The van der Waals surface area contributed by atoms with Gasteiger partial charge in [0.25, 0.3) is 0 Å². The van der Waals surface area contributed by atoms with E-state index in [1.807, 2.05) is 37.3 Å². The van der Waals surface area contributed by atoms with Gasteiger partial charge in [-0.1, -0.05) is 62.2 Å². The summed E-state index contributed by atoms with van der Waals surface area (Å²) in [5, 5.41) is 5.47. The maximum absolute atomic E-state index is 14.3. The molecule has 0 heterocycles. The molecule has 9 heteroatoms. The van der Waals surface area contributed by atoms with Crippen molar-refractivity contribution in [3.63, 3.8) is 0 Å². The number of hydrogen-bond acceptors (Lipinski definition) is 5. The molecule has 226 valence electrons. The van der Waals surface area contributed by atoms with Crippen LogP contribution in [0.4, 0.5) is 4.79 Å². The van der Waals surface area contributed by atoms with Crippen molar-refractivity contribution < 1.29 is 23.9 Å². The van der Waals surface area contributed by atoms with E-state index in [4.69, 9.17) is 16.9 Å². The van der Waals surface area contributed by atoms with Crippen molar-refractivity contribution >= 4 is 23.8 Å². The molecule has 0 spiro atoms. The van der Waals surface area contributed by atoms with E-state index in [0.29, 0.717) is 23.5 Å². The van der Waals surface area contributed by atoms with Crippen LogP contribution in [0.1, 0.15) is 83.5 Å². The van der Waals surface area contributed by atoms with Gasteiger partial charge in [0.15, 0.2) is 0 Å². The first kappa shape index (κ1) is 33.9. The van der Waals surface area contributed by atoms with E-state index >= 15 is 0 Å². The van der Waals surface area contributed by atoms with E-state index < -0.39 is 54.0 Å². The molecule has 4 amide bonds. The zero-order chi connectivity index (χ0) is 31.4. The van der Waals surface area contributed by atoms with E-state index in [0.717, 1.165) is 12.0 Å². The molecule has 0 aliphatic carbocycles. The van der Waals surface area contributed by atoms with Crippen LogP contribution in [0, 0.1) is 18.3 Å². The van der Waals surface area contributed by atoms with Crippen LogP contribution in [0.15, 0.2) is 54.6 Å². The highest BCUT2D eigenvalue weighted by molar-refractivity contribution is 5.94. The quantitative estimate of drug-likeness (QED) is 0.303. The summed E-state index contributed by atoms with van der Waals surface area (Å²) >= 11 is 0. The van der Waals surface area contributed by atoms with Crippen molar-refractivity contribution in [1.82, 2.24) is 15.5 Å². The second-order valence-electron chi connectivity index (χ2n) is 11.8. The van der Waals surface area contributed by atoms with Crippen molar-refractivity contribution in [3.05, 3.63) is 71.3 Å². The molecule has 3 atom stereocenters. The highest BCUT2D eigenvalue weighted by Crippen LogP contribution is 2.28. The number of carbonyl (C=O) groups is 4. The molecule has 4 N–H and O–H groups in total. The van der Waals surface area contributed by atoms with E-state index in [-0.39, 0.29) is 6.54 Å². The van der Waals surface area contributed by atoms with Crippen LogP contribution in [0.25, 0.3) is 0 Å². The van der Waals surface area contributed by atoms with Crippen molar-refractivity contribution in [2.75, 3.05) is 0 Å². The van der Waals surface area contributed by atoms with Gasteiger partial charge in [-0.2, -0.15) is 0 Å². The summed E-state index contributed by atoms with van der Waals surface area (Å²) in [4.78, 5) is 54.5. The smallest absolute Gasteiger partial charge is 0.408 e. The lowest BCUT2D eigenvalue weighted by atomic mass is 9.96. The largest absolute Gasteiger partial charge is 0.444 e. The molecule has 0 aromatic heterocycles. The number of nitrogens with zero attached hydrogens (tertiary/aromatic N) is 1. The molecule has 0 aliphatic rings. The second kappa shape index (κ2) is 15.6. The van der Waals surface area contributed by atoms with E-state index in [1.54, 1.807) is 45.0 Å². The molecule has 9 nitrogen and oxygen atoms in total. The Balaban J connectivity index is 2.59. The van der Waals surface area contributed by atoms with Gasteiger partial charge in [-0.15, -0.1) is 6.42 Å². The molecule has 2 aromatic rings. The Hall–Kier alpha value is -4.32. The Bertz CT molecular complexity index is 1250. The molecule has 3 unspecified atom stereocenters. The Morgan fingerprint density at radius 1 is 0.976 bits per heavy atom. The average Bonchev–Trinajstić information content (AvgIpc) is 2.92.